The molecular formula is C9H16N2O2. The van der Waals surface area contributed by atoms with Crippen LogP contribution in [0.5, 0.6) is 0 Å². The molecular weight excluding hydrogens is 168 g/mol. The molecule has 0 spiro atoms. The summed E-state index contributed by atoms with van der Waals surface area (Å²) in [6.07, 6.45) is 4.52. The Kier molecular flexibility index (Phi) is 4.75. The fraction of sp³-hybridized carbons (Fsp3) is 0.667. The highest BCUT2D eigenvalue weighted by Gasteiger charge is 2.15. The number of amides is 1. The third kappa shape index (κ3) is 8.54. The minimum atomic E-state index is -0.455. The van der Waals surface area contributed by atoms with Gasteiger partial charge in [-0.2, -0.15) is 0 Å². The Balaban J connectivity index is 3.48. The summed E-state index contributed by atoms with van der Waals surface area (Å²) in [6, 6.07) is 2.25. The highest BCUT2D eigenvalue weighted by atomic mass is 16.6. The molecule has 0 fully saturated rings. The summed E-state index contributed by atoms with van der Waals surface area (Å²) in [6.45, 7) is 6.43. The number of alkyl carbamates (subject to hydrolysis) is 1. The van der Waals surface area contributed by atoms with Gasteiger partial charge in [0.05, 0.1) is 0 Å². The number of terminal acetylenes is 1. The molecule has 1 amide bonds. The van der Waals surface area contributed by atoms with Gasteiger partial charge in [-0.1, -0.05) is 6.42 Å². The Morgan fingerprint density at radius 3 is 2.54 bits per heavy atom. The summed E-state index contributed by atoms with van der Waals surface area (Å²) in [4.78, 5) is 11.0. The van der Waals surface area contributed by atoms with Crippen molar-refractivity contribution in [2.75, 3.05) is 13.1 Å². The molecule has 2 N–H and O–H groups in total. The summed E-state index contributed by atoms with van der Waals surface area (Å²) in [5, 5.41) is 5.18. The first-order valence-corrected chi connectivity index (χ1v) is 4.11. The zero-order valence-electron chi connectivity index (χ0n) is 8.31. The number of ether oxygens (including phenoxy) is 1. The second-order valence-corrected chi connectivity index (χ2v) is 3.50. The van der Waals surface area contributed by atoms with Crippen LogP contribution in [0.4, 0.5) is 4.79 Å². The van der Waals surface area contributed by atoms with Gasteiger partial charge in [-0.05, 0) is 20.8 Å². The largest absolute Gasteiger partial charge is 0.444 e. The van der Waals surface area contributed by atoms with Gasteiger partial charge in [-0.3, -0.25) is 0 Å². The molecule has 4 heteroatoms. The number of hydrogen-bond acceptors (Lipinski definition) is 3. The molecule has 0 aromatic carbocycles. The van der Waals surface area contributed by atoms with E-state index in [0.29, 0.717) is 13.1 Å². The highest BCUT2D eigenvalue weighted by Crippen LogP contribution is 2.05. The summed E-state index contributed by atoms with van der Waals surface area (Å²) in [7, 11) is 0. The molecule has 0 radical (unpaired) electrons. The average molecular weight is 184 g/mol. The Hall–Kier alpha value is -1.37. The second kappa shape index (κ2) is 5.31. The van der Waals surface area contributed by atoms with Gasteiger partial charge in [0.25, 0.3) is 0 Å². The molecule has 0 aliphatic carbocycles. The molecule has 0 bridgehead atoms. The predicted octanol–water partition coefficient (Wildman–Crippen LogP) is 0.691. The van der Waals surface area contributed by atoms with E-state index in [4.69, 9.17) is 11.2 Å². The molecule has 0 aliphatic rings. The van der Waals surface area contributed by atoms with Gasteiger partial charge in [0.1, 0.15) is 5.60 Å². The van der Waals surface area contributed by atoms with Crippen LogP contribution in [0.1, 0.15) is 20.8 Å². The molecule has 0 saturated heterocycles. The quantitative estimate of drug-likeness (QED) is 0.385. The zero-order chi connectivity index (χ0) is 10.3. The Morgan fingerprint density at radius 1 is 1.46 bits per heavy atom. The fourth-order valence-corrected chi connectivity index (χ4v) is 0.613. The van der Waals surface area contributed by atoms with Crippen molar-refractivity contribution < 1.29 is 9.53 Å². The maximum atomic E-state index is 11.0. The van der Waals surface area contributed by atoms with Crippen LogP contribution < -0.4 is 10.6 Å². The Morgan fingerprint density at radius 2 is 2.08 bits per heavy atom. The zero-order valence-corrected chi connectivity index (χ0v) is 8.31. The van der Waals surface area contributed by atoms with Crippen LogP contribution in [0.25, 0.3) is 0 Å². The van der Waals surface area contributed by atoms with Crippen LogP contribution in [0.15, 0.2) is 0 Å². The van der Waals surface area contributed by atoms with Crippen molar-refractivity contribution in [3.8, 4) is 12.5 Å². The van der Waals surface area contributed by atoms with E-state index < -0.39 is 11.7 Å². The lowest BCUT2D eigenvalue weighted by molar-refractivity contribution is 0.0529. The van der Waals surface area contributed by atoms with Crippen molar-refractivity contribution in [2.45, 2.75) is 26.4 Å². The van der Waals surface area contributed by atoms with Crippen LogP contribution in [0.2, 0.25) is 0 Å². The standard InChI is InChI=1S/C9H16N2O2/c1-5-10-6-7-11-8(12)13-9(2,3)4/h1,10H,6-7H2,2-4H3,(H,11,12). The predicted molar refractivity (Wildman–Crippen MR) is 51.1 cm³/mol. The fourth-order valence-electron chi connectivity index (χ4n) is 0.613. The van der Waals surface area contributed by atoms with Crippen molar-refractivity contribution in [3.05, 3.63) is 0 Å². The lowest BCUT2D eigenvalue weighted by Crippen LogP contribution is -2.35. The molecule has 0 heterocycles. The van der Waals surface area contributed by atoms with E-state index in [2.05, 4.69) is 16.7 Å². The smallest absolute Gasteiger partial charge is 0.407 e. The lowest BCUT2D eigenvalue weighted by atomic mass is 10.2. The molecule has 0 atom stereocenters. The first-order chi connectivity index (χ1) is 5.95. The topological polar surface area (TPSA) is 50.4 Å². The van der Waals surface area contributed by atoms with Crippen LogP contribution in [0.3, 0.4) is 0 Å². The lowest BCUT2D eigenvalue weighted by Gasteiger charge is -2.19. The average Bonchev–Trinajstić information content (AvgIpc) is 1.94. The van der Waals surface area contributed by atoms with Gasteiger partial charge in [0.2, 0.25) is 0 Å². The van der Waals surface area contributed by atoms with Crippen LogP contribution in [-0.2, 0) is 4.74 Å². The summed E-state index contributed by atoms with van der Waals surface area (Å²) in [5.41, 5.74) is -0.455. The third-order valence-corrected chi connectivity index (χ3v) is 1.02. The molecule has 0 unspecified atom stereocenters. The van der Waals surface area contributed by atoms with Crippen molar-refractivity contribution >= 4 is 6.09 Å². The van der Waals surface area contributed by atoms with Gasteiger partial charge in [-0.25, -0.2) is 4.79 Å². The normalized spacial score (nSPS) is 10.0. The Bertz CT molecular complexity index is 201. The molecule has 0 saturated carbocycles. The molecule has 0 rings (SSSR count). The van der Waals surface area contributed by atoms with E-state index >= 15 is 0 Å². The summed E-state index contributed by atoms with van der Waals surface area (Å²) < 4.78 is 4.99. The van der Waals surface area contributed by atoms with Crippen molar-refractivity contribution in [1.82, 2.24) is 10.6 Å². The molecule has 0 aromatic rings. The summed E-state index contributed by atoms with van der Waals surface area (Å²) in [5.74, 6) is 0. The maximum absolute atomic E-state index is 11.0. The van der Waals surface area contributed by atoms with E-state index in [0.717, 1.165) is 0 Å². The number of nitrogens with one attached hydrogen (secondary N) is 2. The number of carbonyl (C=O) groups is 1. The second-order valence-electron chi connectivity index (χ2n) is 3.50. The van der Waals surface area contributed by atoms with Gasteiger partial charge in [0, 0.05) is 19.1 Å². The van der Waals surface area contributed by atoms with Gasteiger partial charge in [0.15, 0.2) is 0 Å². The molecule has 13 heavy (non-hydrogen) atoms. The van der Waals surface area contributed by atoms with E-state index in [1.54, 1.807) is 0 Å². The number of carbonyl (C=O) groups excluding carboxylic acids is 1. The molecule has 0 aliphatic heterocycles. The number of hydrogen-bond donors (Lipinski definition) is 2. The van der Waals surface area contributed by atoms with Gasteiger partial charge >= 0.3 is 6.09 Å². The number of rotatable bonds is 3. The van der Waals surface area contributed by atoms with E-state index in [-0.39, 0.29) is 0 Å². The maximum Gasteiger partial charge on any atom is 0.407 e. The highest BCUT2D eigenvalue weighted by molar-refractivity contribution is 5.67. The van der Waals surface area contributed by atoms with Crippen molar-refractivity contribution in [1.29, 1.82) is 0 Å². The van der Waals surface area contributed by atoms with E-state index in [9.17, 15) is 4.79 Å². The molecule has 74 valence electrons. The van der Waals surface area contributed by atoms with Crippen molar-refractivity contribution in [2.24, 2.45) is 0 Å². The summed E-state index contributed by atoms with van der Waals surface area (Å²) >= 11 is 0. The minimum Gasteiger partial charge on any atom is -0.444 e. The van der Waals surface area contributed by atoms with E-state index in [1.807, 2.05) is 20.8 Å². The van der Waals surface area contributed by atoms with E-state index in [1.165, 1.54) is 0 Å². The Labute approximate surface area is 79.0 Å². The van der Waals surface area contributed by atoms with Crippen LogP contribution >= 0.6 is 0 Å². The third-order valence-electron chi connectivity index (χ3n) is 1.02. The first-order valence-electron chi connectivity index (χ1n) is 4.11. The van der Waals surface area contributed by atoms with Crippen LogP contribution in [-0.4, -0.2) is 24.8 Å². The van der Waals surface area contributed by atoms with Gasteiger partial charge in [-0.15, -0.1) is 0 Å². The minimum absolute atomic E-state index is 0.425. The first kappa shape index (κ1) is 11.6. The van der Waals surface area contributed by atoms with Crippen molar-refractivity contribution in [3.63, 3.8) is 0 Å². The van der Waals surface area contributed by atoms with Crippen LogP contribution in [0, 0.1) is 12.5 Å². The monoisotopic (exact) mass is 184 g/mol. The SMILES string of the molecule is C#CNCCNC(=O)OC(C)(C)C. The van der Waals surface area contributed by atoms with Gasteiger partial charge < -0.3 is 15.4 Å². The molecule has 4 nitrogen and oxygen atoms in total. The molecule has 0 aromatic heterocycles.